The van der Waals surface area contributed by atoms with E-state index in [0.717, 1.165) is 24.8 Å². The van der Waals surface area contributed by atoms with Gasteiger partial charge in [-0.25, -0.2) is 13.1 Å². The monoisotopic (exact) mass is 363 g/mol. The number of aryl methyl sites for hydroxylation is 1. The standard InChI is InChI=1S/C14H22BrNO3S/c1-4-5-6-11(3)16-20(18,19)13-8-12(9-17)7-10(2)14(13)15/h7-8,11,16-17H,4-6,9H2,1-3H3. The number of halogens is 1. The van der Waals surface area contributed by atoms with Gasteiger partial charge in [0.15, 0.2) is 0 Å². The fraction of sp³-hybridized carbons (Fsp3) is 0.571. The third-order valence-corrected chi connectivity index (χ3v) is 6.03. The molecule has 6 heteroatoms. The zero-order valence-electron chi connectivity index (χ0n) is 12.1. The zero-order chi connectivity index (χ0) is 15.3. The van der Waals surface area contributed by atoms with E-state index < -0.39 is 10.0 Å². The van der Waals surface area contributed by atoms with Crippen LogP contribution in [0.25, 0.3) is 0 Å². The normalized spacial score (nSPS) is 13.4. The van der Waals surface area contributed by atoms with Crippen molar-refractivity contribution < 1.29 is 13.5 Å². The van der Waals surface area contributed by atoms with Crippen LogP contribution in [-0.2, 0) is 16.6 Å². The van der Waals surface area contributed by atoms with Crippen LogP contribution in [-0.4, -0.2) is 19.6 Å². The molecular weight excluding hydrogens is 342 g/mol. The fourth-order valence-electron chi connectivity index (χ4n) is 1.99. The molecule has 4 nitrogen and oxygen atoms in total. The molecule has 20 heavy (non-hydrogen) atoms. The van der Waals surface area contributed by atoms with Gasteiger partial charge in [0.05, 0.1) is 11.5 Å². The number of hydrogen-bond acceptors (Lipinski definition) is 3. The van der Waals surface area contributed by atoms with Crippen LogP contribution < -0.4 is 4.72 Å². The van der Waals surface area contributed by atoms with Crippen molar-refractivity contribution in [2.24, 2.45) is 0 Å². The van der Waals surface area contributed by atoms with Gasteiger partial charge in [0.2, 0.25) is 10.0 Å². The molecule has 114 valence electrons. The zero-order valence-corrected chi connectivity index (χ0v) is 14.5. The van der Waals surface area contributed by atoms with Crippen molar-refractivity contribution in [3.8, 4) is 0 Å². The van der Waals surface area contributed by atoms with Crippen LogP contribution in [0, 0.1) is 6.92 Å². The Morgan fingerprint density at radius 2 is 2.05 bits per heavy atom. The Morgan fingerprint density at radius 3 is 2.60 bits per heavy atom. The van der Waals surface area contributed by atoms with Crippen molar-refractivity contribution >= 4 is 26.0 Å². The number of hydrogen-bond donors (Lipinski definition) is 2. The van der Waals surface area contributed by atoms with E-state index in [2.05, 4.69) is 27.6 Å². The van der Waals surface area contributed by atoms with Gasteiger partial charge < -0.3 is 5.11 Å². The van der Waals surface area contributed by atoms with Gasteiger partial charge in [-0.15, -0.1) is 0 Å². The number of unbranched alkanes of at least 4 members (excludes halogenated alkanes) is 1. The predicted molar refractivity (Wildman–Crippen MR) is 84.1 cm³/mol. The van der Waals surface area contributed by atoms with Crippen LogP contribution in [0.3, 0.4) is 0 Å². The van der Waals surface area contributed by atoms with Gasteiger partial charge in [-0.1, -0.05) is 25.8 Å². The molecule has 0 saturated carbocycles. The average Bonchev–Trinajstić information content (AvgIpc) is 2.38. The van der Waals surface area contributed by atoms with Gasteiger partial charge in [0.25, 0.3) is 0 Å². The lowest BCUT2D eigenvalue weighted by Gasteiger charge is -2.16. The maximum atomic E-state index is 12.4. The van der Waals surface area contributed by atoms with Crippen molar-refractivity contribution in [3.63, 3.8) is 0 Å². The minimum absolute atomic E-state index is 0.107. The van der Waals surface area contributed by atoms with Crippen LogP contribution in [0.4, 0.5) is 0 Å². The van der Waals surface area contributed by atoms with E-state index in [1.165, 1.54) is 6.07 Å². The first-order chi connectivity index (χ1) is 9.31. The molecule has 0 aliphatic heterocycles. The number of benzene rings is 1. The number of aliphatic hydroxyl groups excluding tert-OH is 1. The molecule has 0 aliphatic carbocycles. The molecule has 0 saturated heterocycles. The van der Waals surface area contributed by atoms with Gasteiger partial charge in [0.1, 0.15) is 0 Å². The highest BCUT2D eigenvalue weighted by Gasteiger charge is 2.21. The molecule has 1 rings (SSSR count). The summed E-state index contributed by atoms with van der Waals surface area (Å²) in [4.78, 5) is 0.185. The van der Waals surface area contributed by atoms with Crippen molar-refractivity contribution in [3.05, 3.63) is 27.7 Å². The molecule has 1 aromatic rings. The van der Waals surface area contributed by atoms with E-state index in [9.17, 15) is 13.5 Å². The highest BCUT2D eigenvalue weighted by Crippen LogP contribution is 2.27. The number of rotatable bonds is 7. The minimum atomic E-state index is -3.58. The van der Waals surface area contributed by atoms with Crippen LogP contribution in [0.1, 0.15) is 44.2 Å². The van der Waals surface area contributed by atoms with Gasteiger partial charge in [-0.05, 0) is 53.4 Å². The van der Waals surface area contributed by atoms with E-state index in [0.29, 0.717) is 10.0 Å². The minimum Gasteiger partial charge on any atom is -0.392 e. The molecule has 0 heterocycles. The summed E-state index contributed by atoms with van der Waals surface area (Å²) in [6, 6.07) is 3.17. The van der Waals surface area contributed by atoms with E-state index in [1.54, 1.807) is 6.07 Å². The second-order valence-corrected chi connectivity index (χ2v) is 7.52. The largest absolute Gasteiger partial charge is 0.392 e. The summed E-state index contributed by atoms with van der Waals surface area (Å²) in [7, 11) is -3.58. The second-order valence-electron chi connectivity index (χ2n) is 5.05. The summed E-state index contributed by atoms with van der Waals surface area (Å²) in [5.41, 5.74) is 1.38. The summed E-state index contributed by atoms with van der Waals surface area (Å²) in [6.07, 6.45) is 2.83. The number of aliphatic hydroxyl groups is 1. The summed E-state index contributed by atoms with van der Waals surface area (Å²) in [5, 5.41) is 9.21. The second kappa shape index (κ2) is 7.54. The molecule has 0 radical (unpaired) electrons. The molecule has 0 bridgehead atoms. The third kappa shape index (κ3) is 4.55. The molecule has 1 atom stereocenters. The first-order valence-electron chi connectivity index (χ1n) is 6.74. The van der Waals surface area contributed by atoms with E-state index >= 15 is 0 Å². The van der Waals surface area contributed by atoms with Crippen molar-refractivity contribution in [1.82, 2.24) is 4.72 Å². The number of sulfonamides is 1. The summed E-state index contributed by atoms with van der Waals surface area (Å²) in [6.45, 7) is 5.57. The molecule has 0 spiro atoms. The van der Waals surface area contributed by atoms with Crippen LogP contribution in [0.2, 0.25) is 0 Å². The van der Waals surface area contributed by atoms with Gasteiger partial charge in [-0.2, -0.15) is 0 Å². The maximum Gasteiger partial charge on any atom is 0.241 e. The Kier molecular flexibility index (Phi) is 6.64. The Hall–Kier alpha value is -0.430. The molecular formula is C14H22BrNO3S. The van der Waals surface area contributed by atoms with Gasteiger partial charge in [0, 0.05) is 10.5 Å². The molecule has 0 amide bonds. The Bertz CT molecular complexity index is 558. The Morgan fingerprint density at radius 1 is 1.40 bits per heavy atom. The molecule has 0 aromatic heterocycles. The third-order valence-electron chi connectivity index (χ3n) is 3.10. The lowest BCUT2D eigenvalue weighted by molar-refractivity contribution is 0.281. The van der Waals surface area contributed by atoms with Gasteiger partial charge >= 0.3 is 0 Å². The van der Waals surface area contributed by atoms with E-state index in [4.69, 9.17) is 0 Å². The summed E-state index contributed by atoms with van der Waals surface area (Å²) < 4.78 is 28.1. The summed E-state index contributed by atoms with van der Waals surface area (Å²) in [5.74, 6) is 0. The smallest absolute Gasteiger partial charge is 0.241 e. The molecule has 0 fully saturated rings. The quantitative estimate of drug-likeness (QED) is 0.781. The van der Waals surface area contributed by atoms with E-state index in [-0.39, 0.29) is 17.5 Å². The van der Waals surface area contributed by atoms with Crippen LogP contribution in [0.5, 0.6) is 0 Å². The van der Waals surface area contributed by atoms with Crippen LogP contribution in [0.15, 0.2) is 21.5 Å². The Balaban J connectivity index is 3.06. The average molecular weight is 364 g/mol. The first-order valence-corrected chi connectivity index (χ1v) is 9.01. The highest BCUT2D eigenvalue weighted by atomic mass is 79.9. The molecule has 1 unspecified atom stereocenters. The van der Waals surface area contributed by atoms with Crippen LogP contribution >= 0.6 is 15.9 Å². The first kappa shape index (κ1) is 17.6. The SMILES string of the molecule is CCCCC(C)NS(=O)(=O)c1cc(CO)cc(C)c1Br. The summed E-state index contributed by atoms with van der Waals surface area (Å²) >= 11 is 3.32. The van der Waals surface area contributed by atoms with Crippen molar-refractivity contribution in [1.29, 1.82) is 0 Å². The van der Waals surface area contributed by atoms with E-state index in [1.807, 2.05) is 13.8 Å². The van der Waals surface area contributed by atoms with Crippen molar-refractivity contribution in [2.75, 3.05) is 0 Å². The predicted octanol–water partition coefficient (Wildman–Crippen LogP) is 3.11. The fourth-order valence-corrected chi connectivity index (χ4v) is 4.34. The lowest BCUT2D eigenvalue weighted by Crippen LogP contribution is -2.32. The molecule has 2 N–H and O–H groups in total. The van der Waals surface area contributed by atoms with Crippen molar-refractivity contribution in [2.45, 2.75) is 57.6 Å². The van der Waals surface area contributed by atoms with Gasteiger partial charge in [-0.3, -0.25) is 0 Å². The maximum absolute atomic E-state index is 12.4. The highest BCUT2D eigenvalue weighted by molar-refractivity contribution is 9.10. The molecule has 1 aromatic carbocycles. The lowest BCUT2D eigenvalue weighted by atomic mass is 10.1. The Labute approximate surface area is 129 Å². The topological polar surface area (TPSA) is 66.4 Å². The molecule has 0 aliphatic rings. The number of nitrogens with one attached hydrogen (secondary N) is 1.